The van der Waals surface area contributed by atoms with Crippen LogP contribution in [0.15, 0.2) is 12.1 Å². The summed E-state index contributed by atoms with van der Waals surface area (Å²) in [4.78, 5) is 0. The van der Waals surface area contributed by atoms with Crippen molar-refractivity contribution in [3.05, 3.63) is 23.5 Å². The minimum Gasteiger partial charge on any atom is -0.348 e. The summed E-state index contributed by atoms with van der Waals surface area (Å²) >= 11 is 4.25. The van der Waals surface area contributed by atoms with Crippen LogP contribution in [0.3, 0.4) is 0 Å². The first kappa shape index (κ1) is 9.72. The Morgan fingerprint density at radius 1 is 1.42 bits per heavy atom. The Morgan fingerprint density at radius 2 is 2.17 bits per heavy atom. The Hall–Kier alpha value is -0.370. The van der Waals surface area contributed by atoms with Gasteiger partial charge in [0.2, 0.25) is 0 Å². The van der Waals surface area contributed by atoms with Gasteiger partial charge in [0.15, 0.2) is 0 Å². The van der Waals surface area contributed by atoms with E-state index < -0.39 is 0 Å². The molecule has 2 heteroatoms. The highest BCUT2D eigenvalue weighted by molar-refractivity contribution is 7.80. The molecular weight excluding hydrogens is 166 g/mol. The van der Waals surface area contributed by atoms with Crippen molar-refractivity contribution >= 4 is 12.6 Å². The number of aromatic nitrogens is 1. The standard InChI is InChI=1S/C10H17NS/c1-3-4-10-6-5-9(2)11(10)7-8-12/h5-6,12H,3-4,7-8H2,1-2H3. The minimum atomic E-state index is 0.923. The van der Waals surface area contributed by atoms with E-state index in [4.69, 9.17) is 0 Å². The lowest BCUT2D eigenvalue weighted by Crippen LogP contribution is -2.05. The molecule has 12 heavy (non-hydrogen) atoms. The van der Waals surface area contributed by atoms with Crippen molar-refractivity contribution in [3.63, 3.8) is 0 Å². The number of thiol groups is 1. The van der Waals surface area contributed by atoms with Gasteiger partial charge in [-0.25, -0.2) is 0 Å². The van der Waals surface area contributed by atoms with Crippen molar-refractivity contribution in [1.29, 1.82) is 0 Å². The lowest BCUT2D eigenvalue weighted by molar-refractivity contribution is 0.690. The average Bonchev–Trinajstić information content (AvgIpc) is 2.37. The Morgan fingerprint density at radius 3 is 2.75 bits per heavy atom. The number of aryl methyl sites for hydroxylation is 2. The minimum absolute atomic E-state index is 0.923. The van der Waals surface area contributed by atoms with Crippen LogP contribution < -0.4 is 0 Å². The van der Waals surface area contributed by atoms with Crippen LogP contribution >= 0.6 is 12.6 Å². The van der Waals surface area contributed by atoms with Gasteiger partial charge in [0.1, 0.15) is 0 Å². The normalized spacial score (nSPS) is 10.6. The zero-order chi connectivity index (χ0) is 8.97. The summed E-state index contributed by atoms with van der Waals surface area (Å²) in [5.74, 6) is 0.923. The van der Waals surface area contributed by atoms with Crippen molar-refractivity contribution in [2.45, 2.75) is 33.2 Å². The van der Waals surface area contributed by atoms with Gasteiger partial charge >= 0.3 is 0 Å². The molecule has 0 radical (unpaired) electrons. The van der Waals surface area contributed by atoms with Crippen LogP contribution in [0.2, 0.25) is 0 Å². The van der Waals surface area contributed by atoms with Gasteiger partial charge in [-0.3, -0.25) is 0 Å². The zero-order valence-electron chi connectivity index (χ0n) is 7.88. The number of rotatable bonds is 4. The molecule has 0 bridgehead atoms. The third-order valence-electron chi connectivity index (χ3n) is 2.12. The van der Waals surface area contributed by atoms with Gasteiger partial charge in [-0.2, -0.15) is 12.6 Å². The molecule has 0 amide bonds. The molecule has 0 aliphatic rings. The smallest absolute Gasteiger partial charge is 0.0313 e. The average molecular weight is 183 g/mol. The van der Waals surface area contributed by atoms with Crippen LogP contribution in [0.25, 0.3) is 0 Å². The van der Waals surface area contributed by atoms with Gasteiger partial charge in [0.05, 0.1) is 0 Å². The summed E-state index contributed by atoms with van der Waals surface area (Å²) in [6.07, 6.45) is 2.40. The van der Waals surface area contributed by atoms with E-state index in [0.717, 1.165) is 12.3 Å². The molecule has 1 nitrogen and oxygen atoms in total. The monoisotopic (exact) mass is 183 g/mol. The van der Waals surface area contributed by atoms with Crippen molar-refractivity contribution in [1.82, 2.24) is 4.57 Å². The first-order chi connectivity index (χ1) is 5.79. The molecule has 0 spiro atoms. The Balaban J connectivity index is 2.80. The van der Waals surface area contributed by atoms with Crippen molar-refractivity contribution in [2.24, 2.45) is 0 Å². The summed E-state index contributed by atoms with van der Waals surface area (Å²) in [6, 6.07) is 4.41. The van der Waals surface area contributed by atoms with Crippen LogP contribution in [-0.2, 0) is 13.0 Å². The molecule has 1 aromatic rings. The predicted octanol–water partition coefficient (Wildman–Crippen LogP) is 2.68. The highest BCUT2D eigenvalue weighted by atomic mass is 32.1. The van der Waals surface area contributed by atoms with Crippen LogP contribution in [0.1, 0.15) is 24.7 Å². The highest BCUT2D eigenvalue weighted by Crippen LogP contribution is 2.10. The summed E-state index contributed by atoms with van der Waals surface area (Å²) in [6.45, 7) is 5.41. The fraction of sp³-hybridized carbons (Fsp3) is 0.600. The maximum atomic E-state index is 4.25. The first-order valence-electron chi connectivity index (χ1n) is 4.55. The molecule has 0 aliphatic carbocycles. The first-order valence-corrected chi connectivity index (χ1v) is 5.18. The quantitative estimate of drug-likeness (QED) is 0.685. The third-order valence-corrected chi connectivity index (χ3v) is 2.32. The molecule has 0 aromatic carbocycles. The van der Waals surface area contributed by atoms with Crippen LogP contribution in [0.5, 0.6) is 0 Å². The molecule has 0 saturated carbocycles. The number of nitrogens with zero attached hydrogens (tertiary/aromatic N) is 1. The molecule has 1 rings (SSSR count). The van der Waals surface area contributed by atoms with Crippen molar-refractivity contribution in [3.8, 4) is 0 Å². The van der Waals surface area contributed by atoms with E-state index in [1.165, 1.54) is 24.2 Å². The van der Waals surface area contributed by atoms with E-state index in [0.29, 0.717) is 0 Å². The zero-order valence-corrected chi connectivity index (χ0v) is 8.77. The van der Waals surface area contributed by atoms with Crippen molar-refractivity contribution < 1.29 is 0 Å². The fourth-order valence-corrected chi connectivity index (χ4v) is 1.72. The largest absolute Gasteiger partial charge is 0.348 e. The van der Waals surface area contributed by atoms with Crippen LogP contribution in [0.4, 0.5) is 0 Å². The SMILES string of the molecule is CCCc1ccc(C)n1CCS. The molecule has 1 aromatic heterocycles. The van der Waals surface area contributed by atoms with Crippen molar-refractivity contribution in [2.75, 3.05) is 5.75 Å². The van der Waals surface area contributed by atoms with E-state index in [2.05, 4.69) is 43.2 Å². The van der Waals surface area contributed by atoms with E-state index in [1.807, 2.05) is 0 Å². The molecule has 0 atom stereocenters. The Bertz CT molecular complexity index is 240. The van der Waals surface area contributed by atoms with E-state index >= 15 is 0 Å². The van der Waals surface area contributed by atoms with Gasteiger partial charge < -0.3 is 4.57 Å². The molecule has 68 valence electrons. The molecule has 1 heterocycles. The molecular formula is C10H17NS. The van der Waals surface area contributed by atoms with Gasteiger partial charge in [-0.05, 0) is 25.5 Å². The predicted molar refractivity (Wildman–Crippen MR) is 57.0 cm³/mol. The number of hydrogen-bond donors (Lipinski definition) is 1. The second kappa shape index (κ2) is 4.61. The Kier molecular flexibility index (Phi) is 3.73. The maximum absolute atomic E-state index is 4.25. The van der Waals surface area contributed by atoms with Gasteiger partial charge in [-0.1, -0.05) is 13.3 Å². The van der Waals surface area contributed by atoms with Crippen LogP contribution in [-0.4, -0.2) is 10.3 Å². The summed E-state index contributed by atoms with van der Waals surface area (Å²) in [5, 5.41) is 0. The lowest BCUT2D eigenvalue weighted by atomic mass is 10.2. The molecule has 0 unspecified atom stereocenters. The summed E-state index contributed by atoms with van der Waals surface area (Å²) < 4.78 is 2.36. The molecule has 0 saturated heterocycles. The summed E-state index contributed by atoms with van der Waals surface area (Å²) in [5.41, 5.74) is 2.80. The van der Waals surface area contributed by atoms with Crippen LogP contribution in [0, 0.1) is 6.92 Å². The topological polar surface area (TPSA) is 4.93 Å². The lowest BCUT2D eigenvalue weighted by Gasteiger charge is -2.08. The molecule has 0 fully saturated rings. The van der Waals surface area contributed by atoms with Gasteiger partial charge in [0, 0.05) is 23.7 Å². The fourth-order valence-electron chi connectivity index (χ4n) is 1.52. The van der Waals surface area contributed by atoms with E-state index in [1.54, 1.807) is 0 Å². The van der Waals surface area contributed by atoms with Gasteiger partial charge in [-0.15, -0.1) is 0 Å². The van der Waals surface area contributed by atoms with E-state index in [9.17, 15) is 0 Å². The maximum Gasteiger partial charge on any atom is 0.0313 e. The third kappa shape index (κ3) is 2.07. The summed E-state index contributed by atoms with van der Waals surface area (Å²) in [7, 11) is 0. The highest BCUT2D eigenvalue weighted by Gasteiger charge is 2.01. The van der Waals surface area contributed by atoms with Gasteiger partial charge in [0.25, 0.3) is 0 Å². The second-order valence-electron chi connectivity index (χ2n) is 3.09. The Labute approximate surface area is 80.2 Å². The molecule has 0 aliphatic heterocycles. The molecule has 0 N–H and O–H groups in total. The second-order valence-corrected chi connectivity index (χ2v) is 3.54. The van der Waals surface area contributed by atoms with E-state index in [-0.39, 0.29) is 0 Å². The number of hydrogen-bond acceptors (Lipinski definition) is 1.